The van der Waals surface area contributed by atoms with Gasteiger partial charge < -0.3 is 10.4 Å². The average molecular weight is 315 g/mol. The Hall–Kier alpha value is -2.69. The predicted octanol–water partition coefficient (Wildman–Crippen LogP) is 2.87. The predicted molar refractivity (Wildman–Crippen MR) is 84.9 cm³/mol. The van der Waals surface area contributed by atoms with Gasteiger partial charge in [0.05, 0.1) is 0 Å². The van der Waals surface area contributed by atoms with Crippen LogP contribution in [0.2, 0.25) is 0 Å². The quantitative estimate of drug-likeness (QED) is 0.891. The normalized spacial score (nSPS) is 11.8. The molecule has 0 saturated carbocycles. The molecule has 0 aliphatic rings. The third kappa shape index (κ3) is 4.39. The summed E-state index contributed by atoms with van der Waals surface area (Å²) in [6.07, 6.45) is 0.184. The Morgan fingerprint density at radius 2 is 1.74 bits per heavy atom. The maximum atomic E-state index is 12.9. The van der Waals surface area contributed by atoms with E-state index in [1.165, 1.54) is 12.1 Å². The Kier molecular flexibility index (Phi) is 5.11. The molecule has 0 saturated heterocycles. The summed E-state index contributed by atoms with van der Waals surface area (Å²) in [6.45, 7) is 3.93. The van der Waals surface area contributed by atoms with Gasteiger partial charge in [-0.3, -0.25) is 4.79 Å². The van der Waals surface area contributed by atoms with Gasteiger partial charge in [0.2, 0.25) is 0 Å². The van der Waals surface area contributed by atoms with Crippen LogP contribution in [0.3, 0.4) is 0 Å². The number of nitrogens with one attached hydrogen (secondary N) is 1. The molecule has 2 rings (SSSR count). The van der Waals surface area contributed by atoms with Gasteiger partial charge in [0.25, 0.3) is 5.91 Å². The van der Waals surface area contributed by atoms with E-state index in [2.05, 4.69) is 5.32 Å². The van der Waals surface area contributed by atoms with Gasteiger partial charge in [-0.15, -0.1) is 0 Å². The molecule has 0 radical (unpaired) electrons. The van der Waals surface area contributed by atoms with Crippen molar-refractivity contribution in [2.75, 3.05) is 0 Å². The number of carbonyl (C=O) groups excluding carboxylic acids is 1. The second-order valence-corrected chi connectivity index (χ2v) is 5.49. The van der Waals surface area contributed by atoms with E-state index < -0.39 is 23.7 Å². The van der Waals surface area contributed by atoms with Gasteiger partial charge in [-0.05, 0) is 54.8 Å². The molecule has 120 valence electrons. The number of hydrogen-bond acceptors (Lipinski definition) is 2. The number of rotatable bonds is 5. The van der Waals surface area contributed by atoms with E-state index in [4.69, 9.17) is 0 Å². The third-order valence-corrected chi connectivity index (χ3v) is 3.72. The Labute approximate surface area is 134 Å². The van der Waals surface area contributed by atoms with Gasteiger partial charge in [0, 0.05) is 12.0 Å². The van der Waals surface area contributed by atoms with Gasteiger partial charge in [-0.1, -0.05) is 18.2 Å². The number of halogens is 1. The zero-order valence-corrected chi connectivity index (χ0v) is 13.0. The molecule has 0 unspecified atom stereocenters. The summed E-state index contributed by atoms with van der Waals surface area (Å²) in [4.78, 5) is 23.5. The fraction of sp³-hybridized carbons (Fsp3) is 0.222. The zero-order valence-electron chi connectivity index (χ0n) is 13.0. The first-order valence-corrected chi connectivity index (χ1v) is 7.22. The smallest absolute Gasteiger partial charge is 0.326 e. The van der Waals surface area contributed by atoms with Crippen molar-refractivity contribution in [3.05, 3.63) is 70.5 Å². The second kappa shape index (κ2) is 7.05. The summed E-state index contributed by atoms with van der Waals surface area (Å²) in [7, 11) is 0. The van der Waals surface area contributed by atoms with Crippen LogP contribution >= 0.6 is 0 Å². The van der Waals surface area contributed by atoms with Crippen molar-refractivity contribution in [3.63, 3.8) is 0 Å². The molecule has 2 N–H and O–H groups in total. The molecular weight excluding hydrogens is 297 g/mol. The highest BCUT2D eigenvalue weighted by Crippen LogP contribution is 2.12. The molecule has 1 amide bonds. The standard InChI is InChI=1S/C18H18FNO3/c1-11-3-4-13(9-12(11)2)10-16(18(22)23)20-17(21)14-5-7-15(19)8-6-14/h3-9,16H,10H2,1-2H3,(H,20,21)(H,22,23)/t16-/m0/s1. The van der Waals surface area contributed by atoms with Gasteiger partial charge >= 0.3 is 5.97 Å². The summed E-state index contributed by atoms with van der Waals surface area (Å²) in [5.41, 5.74) is 3.24. The van der Waals surface area contributed by atoms with Crippen molar-refractivity contribution in [1.29, 1.82) is 0 Å². The maximum absolute atomic E-state index is 12.9. The van der Waals surface area contributed by atoms with Crippen LogP contribution in [0.5, 0.6) is 0 Å². The third-order valence-electron chi connectivity index (χ3n) is 3.72. The molecule has 0 spiro atoms. The lowest BCUT2D eigenvalue weighted by Gasteiger charge is -2.15. The van der Waals surface area contributed by atoms with Crippen molar-refractivity contribution in [2.45, 2.75) is 26.3 Å². The summed E-state index contributed by atoms with van der Waals surface area (Å²) < 4.78 is 12.9. The molecular formula is C18H18FNO3. The number of carboxylic acids is 1. The minimum Gasteiger partial charge on any atom is -0.480 e. The number of carboxylic acid groups (broad SMARTS) is 1. The van der Waals surface area contributed by atoms with Crippen LogP contribution in [-0.4, -0.2) is 23.0 Å². The van der Waals surface area contributed by atoms with E-state index in [1.807, 2.05) is 32.0 Å². The summed E-state index contributed by atoms with van der Waals surface area (Å²) in [5, 5.41) is 11.8. The molecule has 0 bridgehead atoms. The molecule has 1 atom stereocenters. The topological polar surface area (TPSA) is 66.4 Å². The molecule has 4 nitrogen and oxygen atoms in total. The molecule has 23 heavy (non-hydrogen) atoms. The largest absolute Gasteiger partial charge is 0.480 e. The molecule has 2 aromatic carbocycles. The SMILES string of the molecule is Cc1ccc(C[C@H](NC(=O)c2ccc(F)cc2)C(=O)O)cc1C. The van der Waals surface area contributed by atoms with Crippen LogP contribution in [0.4, 0.5) is 4.39 Å². The molecule has 5 heteroatoms. The average Bonchev–Trinajstić information content (AvgIpc) is 2.50. The fourth-order valence-corrected chi connectivity index (χ4v) is 2.21. The minimum atomic E-state index is -1.11. The first kappa shape index (κ1) is 16.7. The van der Waals surface area contributed by atoms with Crippen LogP contribution in [0.15, 0.2) is 42.5 Å². The Morgan fingerprint density at radius 1 is 1.09 bits per heavy atom. The number of hydrogen-bond donors (Lipinski definition) is 2. The van der Waals surface area contributed by atoms with Crippen molar-refractivity contribution in [2.24, 2.45) is 0 Å². The maximum Gasteiger partial charge on any atom is 0.326 e. The van der Waals surface area contributed by atoms with E-state index in [-0.39, 0.29) is 12.0 Å². The minimum absolute atomic E-state index is 0.184. The van der Waals surface area contributed by atoms with Crippen LogP contribution in [-0.2, 0) is 11.2 Å². The highest BCUT2D eigenvalue weighted by molar-refractivity contribution is 5.96. The lowest BCUT2D eigenvalue weighted by molar-refractivity contribution is -0.139. The first-order valence-electron chi connectivity index (χ1n) is 7.22. The number of carbonyl (C=O) groups is 2. The van der Waals surface area contributed by atoms with Crippen LogP contribution in [0, 0.1) is 19.7 Å². The lowest BCUT2D eigenvalue weighted by atomic mass is 10.0. The highest BCUT2D eigenvalue weighted by atomic mass is 19.1. The van der Waals surface area contributed by atoms with Crippen LogP contribution in [0.25, 0.3) is 0 Å². The van der Waals surface area contributed by atoms with E-state index in [9.17, 15) is 19.1 Å². The molecule has 2 aromatic rings. The Morgan fingerprint density at radius 3 is 2.30 bits per heavy atom. The van der Waals surface area contributed by atoms with Gasteiger partial charge in [-0.2, -0.15) is 0 Å². The number of benzene rings is 2. The van der Waals surface area contributed by atoms with Gasteiger partial charge in [0.1, 0.15) is 11.9 Å². The van der Waals surface area contributed by atoms with Gasteiger partial charge in [-0.25, -0.2) is 9.18 Å². The monoisotopic (exact) mass is 315 g/mol. The fourth-order valence-electron chi connectivity index (χ4n) is 2.21. The summed E-state index contributed by atoms with van der Waals surface area (Å²) in [6, 6.07) is 9.60. The molecule has 0 aromatic heterocycles. The van der Waals surface area contributed by atoms with Gasteiger partial charge in [0.15, 0.2) is 0 Å². The summed E-state index contributed by atoms with van der Waals surface area (Å²) in [5.74, 6) is -2.11. The molecule has 0 aliphatic heterocycles. The second-order valence-electron chi connectivity index (χ2n) is 5.49. The van der Waals surface area contributed by atoms with Crippen molar-refractivity contribution in [3.8, 4) is 0 Å². The first-order chi connectivity index (χ1) is 10.9. The van der Waals surface area contributed by atoms with Crippen molar-refractivity contribution in [1.82, 2.24) is 5.32 Å². The van der Waals surface area contributed by atoms with Crippen molar-refractivity contribution < 1.29 is 19.1 Å². The Bertz CT molecular complexity index is 726. The zero-order chi connectivity index (χ0) is 17.0. The van der Waals surface area contributed by atoms with E-state index in [1.54, 1.807) is 0 Å². The molecule has 0 fully saturated rings. The van der Waals surface area contributed by atoms with E-state index in [0.29, 0.717) is 0 Å². The van der Waals surface area contributed by atoms with Crippen molar-refractivity contribution >= 4 is 11.9 Å². The number of amides is 1. The lowest BCUT2D eigenvalue weighted by Crippen LogP contribution is -2.42. The van der Waals surface area contributed by atoms with E-state index in [0.717, 1.165) is 28.8 Å². The van der Waals surface area contributed by atoms with Crippen LogP contribution < -0.4 is 5.32 Å². The molecule has 0 heterocycles. The molecule has 0 aliphatic carbocycles. The van der Waals surface area contributed by atoms with Crippen LogP contribution in [0.1, 0.15) is 27.0 Å². The number of aryl methyl sites for hydroxylation is 2. The highest BCUT2D eigenvalue weighted by Gasteiger charge is 2.21. The van der Waals surface area contributed by atoms with E-state index >= 15 is 0 Å². The Balaban J connectivity index is 2.12. The summed E-state index contributed by atoms with van der Waals surface area (Å²) >= 11 is 0. The number of aliphatic carboxylic acids is 1.